The zero-order chi connectivity index (χ0) is 12.8. The summed E-state index contributed by atoms with van der Waals surface area (Å²) >= 11 is 0. The molecule has 1 heterocycles. The maximum absolute atomic E-state index is 11.2. The molecule has 1 aromatic rings. The number of carbonyl (C=O) groups is 1. The van der Waals surface area contributed by atoms with Crippen molar-refractivity contribution < 1.29 is 14.2 Å². The van der Waals surface area contributed by atoms with Crippen LogP contribution in [-0.4, -0.2) is 28.9 Å². The predicted molar refractivity (Wildman–Crippen MR) is 59.4 cm³/mol. The highest BCUT2D eigenvalue weighted by molar-refractivity contribution is 5.93. The minimum Gasteiger partial charge on any atom is -0.468 e. The molecule has 0 spiro atoms. The molecule has 0 aliphatic heterocycles. The minimum absolute atomic E-state index is 0.0578. The van der Waals surface area contributed by atoms with Gasteiger partial charge in [-0.15, -0.1) is 0 Å². The van der Waals surface area contributed by atoms with Crippen LogP contribution in [0.25, 0.3) is 0 Å². The number of nitrogens with zero attached hydrogens (tertiary/aromatic N) is 2. The molecular weight excluding hydrogens is 210 g/mol. The van der Waals surface area contributed by atoms with Gasteiger partial charge < -0.3 is 10.1 Å². The van der Waals surface area contributed by atoms with Gasteiger partial charge >= 0.3 is 0 Å². The molecule has 0 aliphatic rings. The maximum atomic E-state index is 11.2. The van der Waals surface area contributed by atoms with Gasteiger partial charge in [0.2, 0.25) is 5.69 Å². The molecule has 6 heteroatoms. The minimum atomic E-state index is -0.443. The molecule has 6 nitrogen and oxygen atoms in total. The van der Waals surface area contributed by atoms with E-state index in [2.05, 4.69) is 20.3 Å². The van der Waals surface area contributed by atoms with E-state index in [0.29, 0.717) is 0 Å². The number of rotatable bonds is 2. The first kappa shape index (κ1) is 14.4. The quantitative estimate of drug-likeness (QED) is 0.834. The zero-order valence-corrected chi connectivity index (χ0v) is 10.6. The van der Waals surface area contributed by atoms with E-state index in [1.807, 2.05) is 34.6 Å². The van der Waals surface area contributed by atoms with E-state index < -0.39 is 5.60 Å². The molecule has 16 heavy (non-hydrogen) atoms. The number of hydrogen-bond donors (Lipinski definition) is 1. The molecule has 0 bridgehead atoms. The zero-order valence-electron chi connectivity index (χ0n) is 10.6. The van der Waals surface area contributed by atoms with Crippen LogP contribution >= 0.6 is 0 Å². The van der Waals surface area contributed by atoms with Gasteiger partial charge in [0.05, 0.1) is 0 Å². The van der Waals surface area contributed by atoms with Crippen LogP contribution in [0.3, 0.4) is 0 Å². The molecule has 1 N–H and O–H groups in total. The predicted octanol–water partition coefficient (Wildman–Crippen LogP) is 1.63. The van der Waals surface area contributed by atoms with Crippen molar-refractivity contribution in [3.8, 4) is 5.88 Å². The molecule has 0 fully saturated rings. The van der Waals surface area contributed by atoms with Crippen molar-refractivity contribution in [3.63, 3.8) is 0 Å². The summed E-state index contributed by atoms with van der Waals surface area (Å²) < 4.78 is 9.80. The molecule has 0 aliphatic carbocycles. The van der Waals surface area contributed by atoms with Crippen molar-refractivity contribution >= 4 is 5.91 Å². The van der Waals surface area contributed by atoms with Gasteiger partial charge in [0.1, 0.15) is 5.60 Å². The standard InChI is InChI=1S/C8H13N3O3.C2H6/c1-8(2,3)13-7-5(6(12)9-4)10-14-11-7;1-2/h1-4H3,(H,9,12);1-2H3. The van der Waals surface area contributed by atoms with Crippen LogP contribution in [0, 0.1) is 0 Å². The van der Waals surface area contributed by atoms with Crippen molar-refractivity contribution in [2.24, 2.45) is 0 Å². The van der Waals surface area contributed by atoms with Crippen molar-refractivity contribution in [2.75, 3.05) is 7.05 Å². The molecule has 92 valence electrons. The summed E-state index contributed by atoms with van der Waals surface area (Å²) in [7, 11) is 1.50. The fraction of sp³-hybridized carbons (Fsp3) is 0.700. The van der Waals surface area contributed by atoms with Crippen LogP contribution in [0.4, 0.5) is 0 Å². The Morgan fingerprint density at radius 2 is 1.88 bits per heavy atom. The normalized spacial score (nSPS) is 10.1. The molecular formula is C10H19N3O3. The first-order valence-corrected chi connectivity index (χ1v) is 5.17. The van der Waals surface area contributed by atoms with Crippen LogP contribution in [0.1, 0.15) is 45.1 Å². The molecule has 0 aromatic carbocycles. The third-order valence-electron chi connectivity index (χ3n) is 1.30. The Bertz CT molecular complexity index is 328. The lowest BCUT2D eigenvalue weighted by Gasteiger charge is -2.18. The summed E-state index contributed by atoms with van der Waals surface area (Å²) in [4.78, 5) is 11.2. The molecule has 0 radical (unpaired) electrons. The van der Waals surface area contributed by atoms with E-state index >= 15 is 0 Å². The average Bonchev–Trinajstić information content (AvgIpc) is 2.65. The second-order valence-electron chi connectivity index (χ2n) is 3.71. The van der Waals surface area contributed by atoms with Gasteiger partial charge in [-0.1, -0.05) is 13.8 Å². The van der Waals surface area contributed by atoms with Crippen molar-refractivity contribution in [1.82, 2.24) is 15.6 Å². The van der Waals surface area contributed by atoms with E-state index in [4.69, 9.17) is 4.74 Å². The number of aromatic nitrogens is 2. The van der Waals surface area contributed by atoms with Gasteiger partial charge in [-0.05, 0) is 31.1 Å². The van der Waals surface area contributed by atoms with E-state index in [1.54, 1.807) is 0 Å². The molecule has 1 amide bonds. The second kappa shape index (κ2) is 6.09. The van der Waals surface area contributed by atoms with Crippen LogP contribution in [0.2, 0.25) is 0 Å². The van der Waals surface area contributed by atoms with Gasteiger partial charge in [-0.25, -0.2) is 4.63 Å². The largest absolute Gasteiger partial charge is 0.468 e. The topological polar surface area (TPSA) is 77.3 Å². The van der Waals surface area contributed by atoms with Crippen LogP contribution in [0.5, 0.6) is 5.88 Å². The monoisotopic (exact) mass is 229 g/mol. The molecule has 0 saturated heterocycles. The number of ether oxygens (including phenoxy) is 1. The highest BCUT2D eigenvalue weighted by Gasteiger charge is 2.23. The highest BCUT2D eigenvalue weighted by atomic mass is 16.6. The Kier molecular flexibility index (Phi) is 5.49. The van der Waals surface area contributed by atoms with Gasteiger partial charge in [0, 0.05) is 7.05 Å². The molecule has 0 saturated carbocycles. The molecule has 0 atom stereocenters. The third-order valence-corrected chi connectivity index (χ3v) is 1.30. The second-order valence-corrected chi connectivity index (χ2v) is 3.71. The summed E-state index contributed by atoms with van der Waals surface area (Å²) in [6, 6.07) is 0. The Morgan fingerprint density at radius 1 is 1.31 bits per heavy atom. The van der Waals surface area contributed by atoms with Gasteiger partial charge in [-0.3, -0.25) is 4.79 Å². The summed E-state index contributed by atoms with van der Waals surface area (Å²) in [6.07, 6.45) is 0. The Hall–Kier alpha value is -1.59. The van der Waals surface area contributed by atoms with E-state index in [0.717, 1.165) is 0 Å². The molecule has 0 unspecified atom stereocenters. The van der Waals surface area contributed by atoms with Crippen molar-refractivity contribution in [3.05, 3.63) is 5.69 Å². The van der Waals surface area contributed by atoms with Gasteiger partial charge in [0.25, 0.3) is 11.8 Å². The van der Waals surface area contributed by atoms with E-state index in [9.17, 15) is 4.79 Å². The van der Waals surface area contributed by atoms with E-state index in [-0.39, 0.29) is 17.5 Å². The third kappa shape index (κ3) is 4.29. The Balaban J connectivity index is 0.00000106. The lowest BCUT2D eigenvalue weighted by Crippen LogP contribution is -2.26. The van der Waals surface area contributed by atoms with Gasteiger partial charge in [-0.2, -0.15) is 0 Å². The van der Waals surface area contributed by atoms with Crippen LogP contribution in [0.15, 0.2) is 4.63 Å². The van der Waals surface area contributed by atoms with Crippen molar-refractivity contribution in [1.29, 1.82) is 0 Å². The molecule has 1 rings (SSSR count). The number of carbonyl (C=O) groups excluding carboxylic acids is 1. The van der Waals surface area contributed by atoms with Crippen LogP contribution < -0.4 is 10.1 Å². The smallest absolute Gasteiger partial charge is 0.289 e. The van der Waals surface area contributed by atoms with Crippen LogP contribution in [-0.2, 0) is 0 Å². The number of nitrogens with one attached hydrogen (secondary N) is 1. The number of hydrogen-bond acceptors (Lipinski definition) is 5. The lowest BCUT2D eigenvalue weighted by atomic mass is 10.2. The Morgan fingerprint density at radius 3 is 2.31 bits per heavy atom. The van der Waals surface area contributed by atoms with Crippen molar-refractivity contribution in [2.45, 2.75) is 40.2 Å². The number of amides is 1. The first-order valence-electron chi connectivity index (χ1n) is 5.17. The summed E-state index contributed by atoms with van der Waals surface area (Å²) in [5.41, 5.74) is -0.385. The first-order chi connectivity index (χ1) is 7.44. The van der Waals surface area contributed by atoms with Gasteiger partial charge in [0.15, 0.2) is 0 Å². The fourth-order valence-corrected chi connectivity index (χ4v) is 0.795. The molecule has 1 aromatic heterocycles. The summed E-state index contributed by atoms with van der Waals surface area (Å²) in [5.74, 6) is -0.276. The van der Waals surface area contributed by atoms with E-state index in [1.165, 1.54) is 7.05 Å². The lowest BCUT2D eigenvalue weighted by molar-refractivity contribution is 0.0932. The maximum Gasteiger partial charge on any atom is 0.289 e. The highest BCUT2D eigenvalue weighted by Crippen LogP contribution is 2.18. The summed E-state index contributed by atoms with van der Waals surface area (Å²) in [6.45, 7) is 9.53. The SMILES string of the molecule is CC.CNC(=O)c1nonc1OC(C)(C)C. The Labute approximate surface area is 95.3 Å². The fourth-order valence-electron chi connectivity index (χ4n) is 0.795. The average molecular weight is 229 g/mol. The summed E-state index contributed by atoms with van der Waals surface area (Å²) in [5, 5.41) is 9.36.